The molecule has 0 bridgehead atoms. The highest BCUT2D eigenvalue weighted by Gasteiger charge is 2.26. The summed E-state index contributed by atoms with van der Waals surface area (Å²) in [7, 11) is 0. The summed E-state index contributed by atoms with van der Waals surface area (Å²) in [6, 6.07) is 14.7. The standard InChI is InChI=1S/C19H20N2O4/c1-3-20-19(24)21-17(22)16(14-7-5-4-6-8-14)25-18(23)15-11-9-13(2)10-12-15/h4-12,16H,3H2,1-2H3,(H2,20,21,22,24)/t16-/m0/s1. The molecule has 2 aromatic carbocycles. The zero-order chi connectivity index (χ0) is 18.2. The third-order valence-corrected chi connectivity index (χ3v) is 3.43. The number of carbonyl (C=O) groups excluding carboxylic acids is 3. The summed E-state index contributed by atoms with van der Waals surface area (Å²) >= 11 is 0. The van der Waals surface area contributed by atoms with Gasteiger partial charge < -0.3 is 10.1 Å². The number of urea groups is 1. The average molecular weight is 340 g/mol. The average Bonchev–Trinajstić information content (AvgIpc) is 2.61. The van der Waals surface area contributed by atoms with Crippen molar-refractivity contribution in [3.05, 3.63) is 71.3 Å². The lowest BCUT2D eigenvalue weighted by Gasteiger charge is -2.17. The molecule has 6 heteroatoms. The van der Waals surface area contributed by atoms with Gasteiger partial charge in [-0.1, -0.05) is 48.0 Å². The van der Waals surface area contributed by atoms with Crippen LogP contribution in [0.5, 0.6) is 0 Å². The molecule has 0 unspecified atom stereocenters. The lowest BCUT2D eigenvalue weighted by Crippen LogP contribution is -2.42. The SMILES string of the molecule is CCNC(=O)NC(=O)[C@@H](OC(=O)c1ccc(C)cc1)c1ccccc1. The first kappa shape index (κ1) is 18.2. The molecule has 0 spiro atoms. The van der Waals surface area contributed by atoms with Crippen LogP contribution >= 0.6 is 0 Å². The van der Waals surface area contributed by atoms with Gasteiger partial charge in [0.15, 0.2) is 0 Å². The summed E-state index contributed by atoms with van der Waals surface area (Å²) in [5.41, 5.74) is 1.81. The van der Waals surface area contributed by atoms with Gasteiger partial charge in [-0.15, -0.1) is 0 Å². The summed E-state index contributed by atoms with van der Waals surface area (Å²) in [6.07, 6.45) is -1.22. The van der Waals surface area contributed by atoms with Crippen LogP contribution in [0.3, 0.4) is 0 Å². The minimum Gasteiger partial charge on any atom is -0.444 e. The highest BCUT2D eigenvalue weighted by molar-refractivity contribution is 5.99. The Morgan fingerprint density at radius 2 is 1.64 bits per heavy atom. The number of carbonyl (C=O) groups is 3. The Balaban J connectivity index is 2.20. The maximum Gasteiger partial charge on any atom is 0.339 e. The maximum absolute atomic E-state index is 12.4. The zero-order valence-electron chi connectivity index (χ0n) is 14.1. The Hall–Kier alpha value is -3.15. The highest BCUT2D eigenvalue weighted by Crippen LogP contribution is 2.19. The second-order valence-corrected chi connectivity index (χ2v) is 5.41. The van der Waals surface area contributed by atoms with E-state index < -0.39 is 24.0 Å². The lowest BCUT2D eigenvalue weighted by atomic mass is 10.1. The number of rotatable bonds is 5. The van der Waals surface area contributed by atoms with Crippen molar-refractivity contribution in [1.82, 2.24) is 10.6 Å². The Labute approximate surface area is 146 Å². The fourth-order valence-corrected chi connectivity index (χ4v) is 2.15. The second-order valence-electron chi connectivity index (χ2n) is 5.41. The molecule has 3 amide bonds. The molecule has 0 heterocycles. The van der Waals surface area contributed by atoms with Crippen LogP contribution in [0, 0.1) is 6.92 Å². The number of imide groups is 1. The number of amides is 3. The van der Waals surface area contributed by atoms with Crippen LogP contribution in [0.4, 0.5) is 4.79 Å². The molecular weight excluding hydrogens is 320 g/mol. The number of esters is 1. The molecular formula is C19H20N2O4. The molecule has 0 saturated heterocycles. The lowest BCUT2D eigenvalue weighted by molar-refractivity contribution is -0.129. The molecule has 2 aromatic rings. The quantitative estimate of drug-likeness (QED) is 0.820. The Morgan fingerprint density at radius 3 is 2.24 bits per heavy atom. The van der Waals surface area contributed by atoms with E-state index in [9.17, 15) is 14.4 Å². The van der Waals surface area contributed by atoms with E-state index in [4.69, 9.17) is 4.74 Å². The first-order valence-electron chi connectivity index (χ1n) is 7.92. The van der Waals surface area contributed by atoms with Crippen molar-refractivity contribution < 1.29 is 19.1 Å². The third-order valence-electron chi connectivity index (χ3n) is 3.43. The van der Waals surface area contributed by atoms with Gasteiger partial charge in [0.25, 0.3) is 5.91 Å². The molecule has 25 heavy (non-hydrogen) atoms. The predicted molar refractivity (Wildman–Crippen MR) is 93.0 cm³/mol. The van der Waals surface area contributed by atoms with Crippen LogP contribution in [-0.4, -0.2) is 24.5 Å². The van der Waals surface area contributed by atoms with Gasteiger partial charge in [0.2, 0.25) is 6.10 Å². The van der Waals surface area contributed by atoms with Crippen LogP contribution in [-0.2, 0) is 9.53 Å². The predicted octanol–water partition coefficient (Wildman–Crippen LogP) is 2.74. The van der Waals surface area contributed by atoms with E-state index in [-0.39, 0.29) is 0 Å². The number of hydrogen-bond acceptors (Lipinski definition) is 4. The van der Waals surface area contributed by atoms with Crippen LogP contribution in [0.1, 0.15) is 34.5 Å². The van der Waals surface area contributed by atoms with Crippen LogP contribution < -0.4 is 10.6 Å². The first-order chi connectivity index (χ1) is 12.0. The smallest absolute Gasteiger partial charge is 0.339 e. The van der Waals surface area contributed by atoms with E-state index in [1.807, 2.05) is 6.92 Å². The minimum atomic E-state index is -1.22. The van der Waals surface area contributed by atoms with Crippen molar-refractivity contribution in [3.63, 3.8) is 0 Å². The van der Waals surface area contributed by atoms with E-state index in [1.165, 1.54) is 0 Å². The first-order valence-corrected chi connectivity index (χ1v) is 7.92. The van der Waals surface area contributed by atoms with Crippen molar-refractivity contribution in [1.29, 1.82) is 0 Å². The summed E-state index contributed by atoms with van der Waals surface area (Å²) in [6.45, 7) is 4.01. The molecule has 130 valence electrons. The number of ether oxygens (including phenoxy) is 1. The molecule has 0 aromatic heterocycles. The minimum absolute atomic E-state index is 0.331. The van der Waals surface area contributed by atoms with Gasteiger partial charge in [-0.2, -0.15) is 0 Å². The van der Waals surface area contributed by atoms with Gasteiger partial charge >= 0.3 is 12.0 Å². The van der Waals surface area contributed by atoms with Gasteiger partial charge in [-0.05, 0) is 26.0 Å². The summed E-state index contributed by atoms with van der Waals surface area (Å²) in [4.78, 5) is 36.4. The van der Waals surface area contributed by atoms with Gasteiger partial charge in [0, 0.05) is 12.1 Å². The maximum atomic E-state index is 12.4. The third kappa shape index (κ3) is 5.17. The fraction of sp³-hybridized carbons (Fsp3) is 0.211. The second kappa shape index (κ2) is 8.63. The Bertz CT molecular complexity index is 742. The van der Waals surface area contributed by atoms with Crippen LogP contribution in [0.2, 0.25) is 0 Å². The van der Waals surface area contributed by atoms with E-state index in [0.717, 1.165) is 5.56 Å². The summed E-state index contributed by atoms with van der Waals surface area (Å²) in [5.74, 6) is -1.35. The number of hydrogen-bond donors (Lipinski definition) is 2. The molecule has 0 aliphatic rings. The molecule has 0 radical (unpaired) electrons. The molecule has 0 saturated carbocycles. The van der Waals surface area contributed by atoms with Gasteiger partial charge in [-0.25, -0.2) is 9.59 Å². The van der Waals surface area contributed by atoms with Crippen molar-refractivity contribution in [2.45, 2.75) is 20.0 Å². The van der Waals surface area contributed by atoms with Crippen molar-refractivity contribution in [2.24, 2.45) is 0 Å². The molecule has 0 fully saturated rings. The molecule has 0 aliphatic carbocycles. The summed E-state index contributed by atoms with van der Waals surface area (Å²) in [5, 5.41) is 4.64. The monoisotopic (exact) mass is 340 g/mol. The van der Waals surface area contributed by atoms with Crippen molar-refractivity contribution >= 4 is 17.9 Å². The van der Waals surface area contributed by atoms with Crippen LogP contribution in [0.25, 0.3) is 0 Å². The Kier molecular flexibility index (Phi) is 6.28. The zero-order valence-corrected chi connectivity index (χ0v) is 14.1. The summed E-state index contributed by atoms with van der Waals surface area (Å²) < 4.78 is 5.37. The molecule has 2 N–H and O–H groups in total. The van der Waals surface area contributed by atoms with E-state index in [2.05, 4.69) is 10.6 Å². The topological polar surface area (TPSA) is 84.5 Å². The van der Waals surface area contributed by atoms with E-state index in [0.29, 0.717) is 17.7 Å². The van der Waals surface area contributed by atoms with Crippen molar-refractivity contribution in [3.8, 4) is 0 Å². The normalized spacial score (nSPS) is 11.3. The molecule has 6 nitrogen and oxygen atoms in total. The van der Waals surface area contributed by atoms with E-state index in [1.54, 1.807) is 61.5 Å². The molecule has 2 rings (SSSR count). The van der Waals surface area contributed by atoms with Gasteiger partial charge in [-0.3, -0.25) is 10.1 Å². The van der Waals surface area contributed by atoms with Gasteiger partial charge in [0.05, 0.1) is 5.56 Å². The number of aryl methyl sites for hydroxylation is 1. The van der Waals surface area contributed by atoms with Crippen LogP contribution in [0.15, 0.2) is 54.6 Å². The van der Waals surface area contributed by atoms with E-state index >= 15 is 0 Å². The Morgan fingerprint density at radius 1 is 1.00 bits per heavy atom. The largest absolute Gasteiger partial charge is 0.444 e. The fourth-order valence-electron chi connectivity index (χ4n) is 2.15. The number of benzene rings is 2. The molecule has 0 aliphatic heterocycles. The van der Waals surface area contributed by atoms with Crippen molar-refractivity contribution in [2.75, 3.05) is 6.54 Å². The molecule has 1 atom stereocenters. The van der Waals surface area contributed by atoms with Gasteiger partial charge in [0.1, 0.15) is 0 Å². The highest BCUT2D eigenvalue weighted by atomic mass is 16.5. The number of nitrogens with one attached hydrogen (secondary N) is 2.